The van der Waals surface area contributed by atoms with E-state index < -0.39 is 17.9 Å². The van der Waals surface area contributed by atoms with Crippen LogP contribution in [0.1, 0.15) is 112 Å². The Morgan fingerprint density at radius 3 is 2.32 bits per heavy atom. The lowest BCUT2D eigenvalue weighted by molar-refractivity contribution is -0.143. The van der Waals surface area contributed by atoms with E-state index in [-0.39, 0.29) is 29.3 Å². The van der Waals surface area contributed by atoms with Gasteiger partial charge in [-0.05, 0) is 86.3 Å². The molecule has 4 aliphatic rings. The molecule has 10 heteroatoms. The average molecular weight is 738 g/mol. The number of hydrogen-bond acceptors (Lipinski definition) is 7. The molecule has 2 aromatic heterocycles. The lowest BCUT2D eigenvalue weighted by Crippen LogP contribution is -2.51. The summed E-state index contributed by atoms with van der Waals surface area (Å²) in [6.07, 6.45) is 17.8. The van der Waals surface area contributed by atoms with Crippen LogP contribution in [0.2, 0.25) is 0 Å². The van der Waals surface area contributed by atoms with Crippen molar-refractivity contribution in [1.29, 1.82) is 0 Å². The Kier molecular flexibility index (Phi) is 11.1. The molecular weight excluding hydrogens is 683 g/mol. The Morgan fingerprint density at radius 2 is 1.72 bits per heavy atom. The molecule has 2 bridgehead atoms. The van der Waals surface area contributed by atoms with E-state index in [0.29, 0.717) is 30.0 Å². The Labute approximate surface area is 318 Å². The van der Waals surface area contributed by atoms with Crippen molar-refractivity contribution in [2.75, 3.05) is 18.0 Å². The molecular formula is C43H55N5O4S. The number of nitrogens with zero attached hydrogens (tertiary/aromatic N) is 4. The number of hydrogen-bond donors (Lipinski definition) is 2. The van der Waals surface area contributed by atoms with Gasteiger partial charge in [0.05, 0.1) is 28.9 Å². The molecule has 1 aromatic carbocycles. The molecule has 3 aliphatic heterocycles. The maximum atomic E-state index is 14.2. The predicted octanol–water partition coefficient (Wildman–Crippen LogP) is 8.05. The van der Waals surface area contributed by atoms with Gasteiger partial charge in [-0.1, -0.05) is 76.5 Å². The summed E-state index contributed by atoms with van der Waals surface area (Å²) in [7, 11) is 0. The first-order valence-corrected chi connectivity index (χ1v) is 20.6. The van der Waals surface area contributed by atoms with Crippen molar-refractivity contribution in [2.24, 2.45) is 17.8 Å². The van der Waals surface area contributed by atoms with Gasteiger partial charge in [-0.2, -0.15) is 0 Å². The number of carbonyl (C=O) groups excluding carboxylic acids is 2. The molecule has 282 valence electrons. The Hall–Kier alpha value is -4.05. The first-order chi connectivity index (χ1) is 25.5. The van der Waals surface area contributed by atoms with Gasteiger partial charge in [0.25, 0.3) is 5.91 Å². The number of fused-ring (bicyclic) bond motifs is 2. The fourth-order valence-electron chi connectivity index (χ4n) is 9.25. The zero-order chi connectivity index (χ0) is 37.3. The van der Waals surface area contributed by atoms with E-state index in [2.05, 4.69) is 44.0 Å². The van der Waals surface area contributed by atoms with Crippen molar-refractivity contribution in [3.8, 4) is 11.4 Å². The standard InChI is InChI=1S/C43H55N5O4S/c1-5-6-27-7-11-29(12-8-27)30-19-21-47(22-20-30)33-25-44-39(45-26-33)31-13-9-28(10-14-31)23-35(46-40(49)37-17-18-38(53-37)43(2,3)4)41(50)48-32-15-16-36(48)34(24-32)42(51)52/h9-10,13-14,17-19,25-27,29,32,34-36H,5-8,11-12,15-16,20-24H2,1-4H3,(H,46,49)(H,51,52)/t27-,29-,32?,34-,35-,36?/m0/s1. The molecule has 1 aliphatic carbocycles. The average Bonchev–Trinajstić information content (AvgIpc) is 3.92. The number of benzene rings is 1. The summed E-state index contributed by atoms with van der Waals surface area (Å²) in [4.78, 5) is 55.0. The molecule has 1 saturated carbocycles. The molecule has 4 atom stereocenters. The number of anilines is 1. The van der Waals surface area contributed by atoms with Crippen molar-refractivity contribution < 1.29 is 19.5 Å². The molecule has 3 aromatic rings. The molecule has 53 heavy (non-hydrogen) atoms. The van der Waals surface area contributed by atoms with E-state index >= 15 is 0 Å². The number of carboxylic acids is 1. The summed E-state index contributed by atoms with van der Waals surface area (Å²) in [5.41, 5.74) is 4.36. The third-order valence-electron chi connectivity index (χ3n) is 12.2. The van der Waals surface area contributed by atoms with E-state index in [9.17, 15) is 19.5 Å². The van der Waals surface area contributed by atoms with E-state index in [1.54, 1.807) is 10.5 Å². The lowest BCUT2D eigenvalue weighted by atomic mass is 9.76. The van der Waals surface area contributed by atoms with Gasteiger partial charge in [0.2, 0.25) is 5.91 Å². The number of amides is 2. The zero-order valence-corrected chi connectivity index (χ0v) is 32.5. The molecule has 2 unspecified atom stereocenters. The number of aliphatic carboxylic acids is 1. The van der Waals surface area contributed by atoms with Crippen LogP contribution in [0, 0.1) is 17.8 Å². The van der Waals surface area contributed by atoms with Crippen LogP contribution in [0.15, 0.2) is 60.4 Å². The summed E-state index contributed by atoms with van der Waals surface area (Å²) in [5, 5.41) is 12.9. The highest BCUT2D eigenvalue weighted by atomic mass is 32.1. The van der Waals surface area contributed by atoms with Gasteiger partial charge in [-0.3, -0.25) is 14.4 Å². The summed E-state index contributed by atoms with van der Waals surface area (Å²) in [6, 6.07) is 10.4. The molecule has 9 nitrogen and oxygen atoms in total. The van der Waals surface area contributed by atoms with Gasteiger partial charge >= 0.3 is 5.97 Å². The number of aromatic nitrogens is 2. The third kappa shape index (κ3) is 8.22. The first-order valence-electron chi connectivity index (χ1n) is 19.8. The molecule has 0 radical (unpaired) electrons. The number of thiophene rings is 1. The number of carboxylic acid groups (broad SMARTS) is 1. The number of carbonyl (C=O) groups is 3. The van der Waals surface area contributed by atoms with Crippen molar-refractivity contribution in [3.05, 3.63) is 75.8 Å². The summed E-state index contributed by atoms with van der Waals surface area (Å²) in [5.74, 6) is 0.427. The van der Waals surface area contributed by atoms with Crippen LogP contribution >= 0.6 is 11.3 Å². The van der Waals surface area contributed by atoms with Gasteiger partial charge in [0, 0.05) is 42.0 Å². The van der Waals surface area contributed by atoms with Gasteiger partial charge in [0.15, 0.2) is 5.82 Å². The third-order valence-corrected chi connectivity index (χ3v) is 13.8. The highest BCUT2D eigenvalue weighted by Crippen LogP contribution is 2.42. The topological polar surface area (TPSA) is 116 Å². The molecule has 0 spiro atoms. The molecule has 2 N–H and O–H groups in total. The summed E-state index contributed by atoms with van der Waals surface area (Å²) in [6.45, 7) is 10.5. The normalized spacial score (nSPS) is 24.9. The van der Waals surface area contributed by atoms with Crippen molar-refractivity contribution in [2.45, 2.75) is 122 Å². The fourth-order valence-corrected chi connectivity index (χ4v) is 10.2. The first kappa shape index (κ1) is 37.3. The minimum Gasteiger partial charge on any atom is -0.481 e. The quantitative estimate of drug-likeness (QED) is 0.191. The summed E-state index contributed by atoms with van der Waals surface area (Å²) >= 11 is 1.44. The van der Waals surface area contributed by atoms with Crippen LogP contribution < -0.4 is 10.2 Å². The molecule has 5 heterocycles. The maximum Gasteiger partial charge on any atom is 0.308 e. The van der Waals surface area contributed by atoms with Crippen LogP contribution in [-0.4, -0.2) is 69.0 Å². The van der Waals surface area contributed by atoms with Gasteiger partial charge in [-0.25, -0.2) is 9.97 Å². The van der Waals surface area contributed by atoms with Crippen LogP contribution in [-0.2, 0) is 21.4 Å². The Bertz CT molecular complexity index is 1800. The van der Waals surface area contributed by atoms with E-state index in [4.69, 9.17) is 9.97 Å². The lowest BCUT2D eigenvalue weighted by Gasteiger charge is -2.34. The monoisotopic (exact) mass is 737 g/mol. The van der Waals surface area contributed by atoms with Gasteiger partial charge in [-0.15, -0.1) is 11.3 Å². The smallest absolute Gasteiger partial charge is 0.308 e. The Morgan fingerprint density at radius 1 is 0.981 bits per heavy atom. The largest absolute Gasteiger partial charge is 0.481 e. The molecule has 3 fully saturated rings. The van der Waals surface area contributed by atoms with Crippen LogP contribution in [0.4, 0.5) is 5.69 Å². The zero-order valence-electron chi connectivity index (χ0n) is 31.7. The maximum absolute atomic E-state index is 14.2. The molecule has 2 amide bonds. The second-order valence-electron chi connectivity index (χ2n) is 16.8. The van der Waals surface area contributed by atoms with Gasteiger partial charge < -0.3 is 20.2 Å². The molecule has 2 saturated heterocycles. The highest BCUT2D eigenvalue weighted by molar-refractivity contribution is 7.14. The van der Waals surface area contributed by atoms with E-state index in [1.165, 1.54) is 49.9 Å². The highest BCUT2D eigenvalue weighted by Gasteiger charge is 2.52. The number of rotatable bonds is 11. The Balaban J connectivity index is 1.01. The summed E-state index contributed by atoms with van der Waals surface area (Å²) < 4.78 is 0. The van der Waals surface area contributed by atoms with Crippen LogP contribution in [0.3, 0.4) is 0 Å². The van der Waals surface area contributed by atoms with Crippen molar-refractivity contribution >= 4 is 34.8 Å². The number of nitrogens with one attached hydrogen (secondary N) is 1. The predicted molar refractivity (Wildman–Crippen MR) is 210 cm³/mol. The van der Waals surface area contributed by atoms with Crippen LogP contribution in [0.5, 0.6) is 0 Å². The second kappa shape index (κ2) is 15.7. The minimum absolute atomic E-state index is 0.0909. The molecule has 7 rings (SSSR count). The fraction of sp³-hybridized carbons (Fsp3) is 0.558. The van der Waals surface area contributed by atoms with E-state index in [1.807, 2.05) is 48.8 Å². The van der Waals surface area contributed by atoms with E-state index in [0.717, 1.165) is 59.5 Å². The van der Waals surface area contributed by atoms with Crippen molar-refractivity contribution in [1.82, 2.24) is 20.2 Å². The van der Waals surface area contributed by atoms with Gasteiger partial charge in [0.1, 0.15) is 6.04 Å². The van der Waals surface area contributed by atoms with Crippen LogP contribution in [0.25, 0.3) is 11.4 Å². The second-order valence-corrected chi connectivity index (χ2v) is 17.9. The SMILES string of the molecule is CCC[C@H]1CC[C@H](C2=CCN(c3cnc(-c4ccc(C[C@H](NC(=O)c5ccc(C(C)(C)C)s5)C(=O)N5C6CCC5[C@@H](C(=O)O)C6)cc4)nc3)CC2)CC1. The minimum atomic E-state index is -0.855. The van der Waals surface area contributed by atoms with Crippen molar-refractivity contribution in [3.63, 3.8) is 0 Å².